The van der Waals surface area contributed by atoms with Crippen molar-refractivity contribution in [1.82, 2.24) is 10.2 Å². The van der Waals surface area contributed by atoms with E-state index < -0.39 is 17.5 Å². The van der Waals surface area contributed by atoms with E-state index in [1.807, 2.05) is 0 Å². The lowest BCUT2D eigenvalue weighted by atomic mass is 9.91. The maximum absolute atomic E-state index is 12.6. The van der Waals surface area contributed by atoms with Crippen molar-refractivity contribution in [3.05, 3.63) is 23.8 Å². The number of benzene rings is 1. The Kier molecular flexibility index (Phi) is 3.27. The van der Waals surface area contributed by atoms with E-state index in [4.69, 9.17) is 9.47 Å². The van der Waals surface area contributed by atoms with Crippen LogP contribution in [0.3, 0.4) is 0 Å². The highest BCUT2D eigenvalue weighted by molar-refractivity contribution is 6.09. The van der Waals surface area contributed by atoms with Crippen molar-refractivity contribution in [2.24, 2.45) is 0 Å². The zero-order valence-corrected chi connectivity index (χ0v) is 12.3. The standard InChI is InChI=1S/C15H16N2O5/c1-9(18)8-17-13(19)15(2,16-14(17)20)10-3-4-11-12(7-10)22-6-5-21-11/h3-4,7H,5-6,8H2,1-2H3,(H,16,20)/t15-/m1/s1. The van der Waals surface area contributed by atoms with Crippen LogP contribution in [0.25, 0.3) is 0 Å². The normalized spacial score (nSPS) is 23.5. The molecule has 0 spiro atoms. The topological polar surface area (TPSA) is 84.9 Å². The van der Waals surface area contributed by atoms with Gasteiger partial charge in [0, 0.05) is 0 Å². The molecule has 1 saturated heterocycles. The third-order valence-corrected chi connectivity index (χ3v) is 3.78. The number of carbonyl (C=O) groups excluding carboxylic acids is 3. The minimum absolute atomic E-state index is 0.231. The zero-order chi connectivity index (χ0) is 15.9. The van der Waals surface area contributed by atoms with Gasteiger partial charge in [-0.05, 0) is 31.5 Å². The lowest BCUT2D eigenvalue weighted by molar-refractivity contribution is -0.133. The van der Waals surface area contributed by atoms with Crippen molar-refractivity contribution >= 4 is 17.7 Å². The van der Waals surface area contributed by atoms with Crippen molar-refractivity contribution < 1.29 is 23.9 Å². The third kappa shape index (κ3) is 2.18. The highest BCUT2D eigenvalue weighted by atomic mass is 16.6. The van der Waals surface area contributed by atoms with Crippen molar-refractivity contribution in [3.63, 3.8) is 0 Å². The fourth-order valence-electron chi connectivity index (χ4n) is 2.61. The van der Waals surface area contributed by atoms with Crippen LogP contribution in [-0.2, 0) is 15.1 Å². The van der Waals surface area contributed by atoms with Gasteiger partial charge in [0.15, 0.2) is 11.5 Å². The van der Waals surface area contributed by atoms with Gasteiger partial charge >= 0.3 is 6.03 Å². The Bertz CT molecular complexity index is 672. The smallest absolute Gasteiger partial charge is 0.325 e. The first-order valence-electron chi connectivity index (χ1n) is 6.95. The summed E-state index contributed by atoms with van der Waals surface area (Å²) < 4.78 is 10.9. The number of imide groups is 1. The molecule has 1 atom stereocenters. The van der Waals surface area contributed by atoms with Crippen LogP contribution in [0.2, 0.25) is 0 Å². The van der Waals surface area contributed by atoms with Gasteiger partial charge in [-0.15, -0.1) is 0 Å². The molecule has 1 aromatic rings. The first kappa shape index (κ1) is 14.4. The molecule has 3 rings (SSSR count). The molecule has 116 valence electrons. The van der Waals surface area contributed by atoms with Crippen LogP contribution in [0.1, 0.15) is 19.4 Å². The van der Waals surface area contributed by atoms with E-state index in [2.05, 4.69) is 5.32 Å². The number of hydrogen-bond acceptors (Lipinski definition) is 5. The number of nitrogens with zero attached hydrogens (tertiary/aromatic N) is 1. The van der Waals surface area contributed by atoms with E-state index in [9.17, 15) is 14.4 Å². The van der Waals surface area contributed by atoms with Crippen LogP contribution in [0, 0.1) is 0 Å². The Balaban J connectivity index is 1.95. The highest BCUT2D eigenvalue weighted by Gasteiger charge is 2.49. The molecule has 0 radical (unpaired) electrons. The van der Waals surface area contributed by atoms with Crippen LogP contribution in [0.5, 0.6) is 11.5 Å². The number of rotatable bonds is 3. The molecular weight excluding hydrogens is 288 g/mol. The second kappa shape index (κ2) is 5.01. The zero-order valence-electron chi connectivity index (χ0n) is 12.3. The van der Waals surface area contributed by atoms with Crippen molar-refractivity contribution in [3.8, 4) is 11.5 Å². The van der Waals surface area contributed by atoms with Gasteiger partial charge in [-0.1, -0.05) is 6.07 Å². The van der Waals surface area contributed by atoms with Crippen molar-refractivity contribution in [2.75, 3.05) is 19.8 Å². The number of Topliss-reactive ketones (excluding diaryl/α,β-unsaturated/α-hetero) is 1. The van der Waals surface area contributed by atoms with E-state index >= 15 is 0 Å². The molecule has 0 aromatic heterocycles. The molecule has 1 aromatic carbocycles. The summed E-state index contributed by atoms with van der Waals surface area (Å²) in [6, 6.07) is 4.53. The Morgan fingerprint density at radius 1 is 1.27 bits per heavy atom. The van der Waals surface area contributed by atoms with Gasteiger partial charge in [0.25, 0.3) is 5.91 Å². The number of carbonyl (C=O) groups is 3. The van der Waals surface area contributed by atoms with Crippen LogP contribution in [0.15, 0.2) is 18.2 Å². The van der Waals surface area contributed by atoms with Crippen molar-refractivity contribution in [1.29, 1.82) is 0 Å². The summed E-state index contributed by atoms with van der Waals surface area (Å²) in [5.74, 6) is 0.437. The molecule has 1 fully saturated rings. The number of fused-ring (bicyclic) bond motifs is 1. The van der Waals surface area contributed by atoms with Gasteiger partial charge in [0.1, 0.15) is 24.5 Å². The number of hydrogen-bond donors (Lipinski definition) is 1. The first-order chi connectivity index (χ1) is 10.4. The summed E-state index contributed by atoms with van der Waals surface area (Å²) in [6.45, 7) is 3.62. The first-order valence-corrected chi connectivity index (χ1v) is 6.95. The summed E-state index contributed by atoms with van der Waals surface area (Å²) in [5, 5.41) is 2.65. The molecule has 0 saturated carbocycles. The molecule has 0 unspecified atom stereocenters. The fraction of sp³-hybridized carbons (Fsp3) is 0.400. The van der Waals surface area contributed by atoms with Crippen LogP contribution in [0.4, 0.5) is 4.79 Å². The highest BCUT2D eigenvalue weighted by Crippen LogP contribution is 2.36. The van der Waals surface area contributed by atoms with Gasteiger partial charge < -0.3 is 14.8 Å². The van der Waals surface area contributed by atoms with Gasteiger partial charge in [0.2, 0.25) is 0 Å². The molecule has 3 amide bonds. The van der Waals surface area contributed by atoms with E-state index in [1.165, 1.54) is 6.92 Å². The lowest BCUT2D eigenvalue weighted by Crippen LogP contribution is -2.41. The molecule has 2 aliphatic heterocycles. The lowest BCUT2D eigenvalue weighted by Gasteiger charge is -2.25. The summed E-state index contributed by atoms with van der Waals surface area (Å²) in [7, 11) is 0. The van der Waals surface area contributed by atoms with Gasteiger partial charge in [-0.3, -0.25) is 14.5 Å². The predicted octanol–water partition coefficient (Wildman–Crippen LogP) is 0.814. The van der Waals surface area contributed by atoms with Gasteiger partial charge in [-0.2, -0.15) is 0 Å². The average molecular weight is 304 g/mol. The molecule has 1 N–H and O–H groups in total. The molecular formula is C15H16N2O5. The summed E-state index contributed by atoms with van der Waals surface area (Å²) in [4.78, 5) is 36.7. The molecule has 22 heavy (non-hydrogen) atoms. The summed E-state index contributed by atoms with van der Waals surface area (Å²) in [5.41, 5.74) is -0.635. The molecule has 7 nitrogen and oxygen atoms in total. The van der Waals surface area contributed by atoms with Crippen molar-refractivity contribution in [2.45, 2.75) is 19.4 Å². The summed E-state index contributed by atoms with van der Waals surface area (Å²) >= 11 is 0. The Labute approximate surface area is 127 Å². The largest absolute Gasteiger partial charge is 0.486 e. The van der Waals surface area contributed by atoms with Crippen LogP contribution >= 0.6 is 0 Å². The Morgan fingerprint density at radius 3 is 2.64 bits per heavy atom. The summed E-state index contributed by atoms with van der Waals surface area (Å²) in [6.07, 6.45) is 0. The second-order valence-electron chi connectivity index (χ2n) is 5.51. The van der Waals surface area contributed by atoms with E-state index in [0.29, 0.717) is 30.3 Å². The minimum Gasteiger partial charge on any atom is -0.486 e. The molecule has 0 bridgehead atoms. The van der Waals surface area contributed by atoms with E-state index in [-0.39, 0.29) is 12.3 Å². The third-order valence-electron chi connectivity index (χ3n) is 3.78. The molecule has 7 heteroatoms. The fourth-order valence-corrected chi connectivity index (χ4v) is 2.61. The molecule has 2 heterocycles. The van der Waals surface area contributed by atoms with Gasteiger partial charge in [0.05, 0.1) is 6.54 Å². The number of ketones is 1. The molecule has 2 aliphatic rings. The number of urea groups is 1. The van der Waals surface area contributed by atoms with E-state index in [1.54, 1.807) is 25.1 Å². The second-order valence-corrected chi connectivity index (χ2v) is 5.51. The van der Waals surface area contributed by atoms with Crippen LogP contribution < -0.4 is 14.8 Å². The Morgan fingerprint density at radius 2 is 1.95 bits per heavy atom. The predicted molar refractivity (Wildman–Crippen MR) is 75.7 cm³/mol. The maximum atomic E-state index is 12.6. The quantitative estimate of drug-likeness (QED) is 0.835. The van der Waals surface area contributed by atoms with Crippen LogP contribution in [-0.4, -0.2) is 42.4 Å². The SMILES string of the molecule is CC(=O)CN1C(=O)N[C@](C)(c2ccc3c(c2)OCCO3)C1=O. The molecule has 0 aliphatic carbocycles. The minimum atomic E-state index is -1.22. The average Bonchev–Trinajstić information content (AvgIpc) is 2.71. The number of nitrogens with one attached hydrogen (secondary N) is 1. The Hall–Kier alpha value is -2.57. The number of amides is 3. The van der Waals surface area contributed by atoms with Gasteiger partial charge in [-0.25, -0.2) is 4.79 Å². The van der Waals surface area contributed by atoms with E-state index in [0.717, 1.165) is 4.90 Å². The number of ether oxygens (including phenoxy) is 2. The maximum Gasteiger partial charge on any atom is 0.325 e. The monoisotopic (exact) mass is 304 g/mol.